The van der Waals surface area contributed by atoms with Gasteiger partial charge in [-0.05, 0) is 36.4 Å². The van der Waals surface area contributed by atoms with Crippen LogP contribution in [0.5, 0.6) is 0 Å². The molecule has 0 aliphatic heterocycles. The predicted octanol–water partition coefficient (Wildman–Crippen LogP) is 2.53. The van der Waals surface area contributed by atoms with Crippen LogP contribution in [0.1, 0.15) is 10.4 Å². The minimum atomic E-state index is -0.321. The lowest BCUT2D eigenvalue weighted by Gasteiger charge is -2.07. The van der Waals surface area contributed by atoms with Crippen molar-refractivity contribution in [3.63, 3.8) is 0 Å². The van der Waals surface area contributed by atoms with E-state index in [2.05, 4.69) is 9.98 Å². The maximum atomic E-state index is 12.6. The van der Waals surface area contributed by atoms with E-state index in [9.17, 15) is 9.59 Å². The molecule has 0 N–H and O–H groups in total. The lowest BCUT2D eigenvalue weighted by Crippen LogP contribution is -2.18. The first kappa shape index (κ1) is 16.2. The molecule has 7 heteroatoms. The van der Waals surface area contributed by atoms with Crippen LogP contribution < -0.4 is 10.4 Å². The van der Waals surface area contributed by atoms with Gasteiger partial charge in [-0.1, -0.05) is 12.1 Å². The van der Waals surface area contributed by atoms with E-state index in [1.165, 1.54) is 22.2 Å². The van der Waals surface area contributed by atoms with Crippen molar-refractivity contribution in [2.24, 2.45) is 12.0 Å². The molecule has 2 aromatic heterocycles. The SMILES string of the molecule is Cn1ccsc1=NC(=O)c1ccc(-n2cnc3ccccc3c2=O)cc1. The zero-order valence-electron chi connectivity index (χ0n) is 13.9. The molecule has 4 rings (SSSR count). The smallest absolute Gasteiger partial charge is 0.279 e. The number of aromatic nitrogens is 3. The molecule has 26 heavy (non-hydrogen) atoms. The monoisotopic (exact) mass is 362 g/mol. The summed E-state index contributed by atoms with van der Waals surface area (Å²) in [6.07, 6.45) is 3.34. The number of hydrogen-bond acceptors (Lipinski definition) is 4. The van der Waals surface area contributed by atoms with E-state index in [-0.39, 0.29) is 11.5 Å². The maximum Gasteiger partial charge on any atom is 0.279 e. The maximum absolute atomic E-state index is 12.6. The topological polar surface area (TPSA) is 69.2 Å². The molecule has 0 radical (unpaired) electrons. The van der Waals surface area contributed by atoms with Crippen molar-refractivity contribution in [2.45, 2.75) is 0 Å². The number of hydrogen-bond donors (Lipinski definition) is 0. The molecule has 0 saturated carbocycles. The van der Waals surface area contributed by atoms with Crippen LogP contribution in [0.15, 0.2) is 76.2 Å². The normalized spacial score (nSPS) is 11.8. The predicted molar refractivity (Wildman–Crippen MR) is 101 cm³/mol. The molecular formula is C19H14N4O2S. The quantitative estimate of drug-likeness (QED) is 0.550. The Balaban J connectivity index is 1.71. The molecule has 0 aliphatic carbocycles. The molecule has 0 bridgehead atoms. The number of amides is 1. The zero-order chi connectivity index (χ0) is 18.1. The van der Waals surface area contributed by atoms with Gasteiger partial charge in [-0.2, -0.15) is 4.99 Å². The van der Waals surface area contributed by atoms with E-state index in [1.54, 1.807) is 41.0 Å². The highest BCUT2D eigenvalue weighted by Gasteiger charge is 2.08. The lowest BCUT2D eigenvalue weighted by molar-refractivity contribution is 0.0998. The third-order valence-electron chi connectivity index (χ3n) is 4.01. The Morgan fingerprint density at radius 2 is 1.88 bits per heavy atom. The van der Waals surface area contributed by atoms with Crippen LogP contribution in [0.2, 0.25) is 0 Å². The van der Waals surface area contributed by atoms with Gasteiger partial charge in [0.25, 0.3) is 11.5 Å². The van der Waals surface area contributed by atoms with E-state index in [0.717, 1.165) is 0 Å². The third kappa shape index (κ3) is 2.89. The summed E-state index contributed by atoms with van der Waals surface area (Å²) in [4.78, 5) is 34.0. The Morgan fingerprint density at radius 3 is 2.62 bits per heavy atom. The highest BCUT2D eigenvalue weighted by atomic mass is 32.1. The molecule has 0 saturated heterocycles. The molecule has 4 aromatic rings. The second kappa shape index (κ2) is 6.53. The highest BCUT2D eigenvalue weighted by molar-refractivity contribution is 7.07. The second-order valence-electron chi connectivity index (χ2n) is 5.70. The first-order valence-electron chi connectivity index (χ1n) is 7.89. The number of benzene rings is 2. The number of fused-ring (bicyclic) bond motifs is 1. The average molecular weight is 362 g/mol. The Bertz CT molecular complexity index is 1230. The van der Waals surface area contributed by atoms with Crippen LogP contribution in [-0.2, 0) is 7.05 Å². The van der Waals surface area contributed by atoms with Crippen molar-refractivity contribution in [3.8, 4) is 5.69 Å². The molecule has 2 aromatic carbocycles. The van der Waals surface area contributed by atoms with Crippen LogP contribution in [-0.4, -0.2) is 20.0 Å². The van der Waals surface area contributed by atoms with Gasteiger partial charge in [0.05, 0.1) is 16.6 Å². The van der Waals surface area contributed by atoms with Crippen LogP contribution in [0.3, 0.4) is 0 Å². The number of thiazole rings is 1. The van der Waals surface area contributed by atoms with E-state index >= 15 is 0 Å². The van der Waals surface area contributed by atoms with Crippen LogP contribution >= 0.6 is 11.3 Å². The molecule has 0 aliphatic rings. The molecular weight excluding hydrogens is 348 g/mol. The average Bonchev–Trinajstić information content (AvgIpc) is 3.07. The molecule has 1 amide bonds. The number of rotatable bonds is 2. The standard InChI is InChI=1S/C19H14N4O2S/c1-22-10-11-26-19(22)21-17(24)13-6-8-14(9-7-13)23-12-20-16-5-3-2-4-15(16)18(23)25/h2-12H,1H3. The fraction of sp³-hybridized carbons (Fsp3) is 0.0526. The summed E-state index contributed by atoms with van der Waals surface area (Å²) in [6.45, 7) is 0. The van der Waals surface area contributed by atoms with Crippen molar-refractivity contribution >= 4 is 28.1 Å². The van der Waals surface area contributed by atoms with Gasteiger partial charge >= 0.3 is 0 Å². The van der Waals surface area contributed by atoms with Gasteiger partial charge in [-0.3, -0.25) is 14.2 Å². The number of carbonyl (C=O) groups excluding carboxylic acids is 1. The summed E-state index contributed by atoms with van der Waals surface area (Å²) in [6, 6.07) is 14.0. The molecule has 6 nitrogen and oxygen atoms in total. The summed E-state index contributed by atoms with van der Waals surface area (Å²) in [5.74, 6) is -0.321. The zero-order valence-corrected chi connectivity index (χ0v) is 14.7. The summed E-state index contributed by atoms with van der Waals surface area (Å²) in [5.41, 5.74) is 1.61. The van der Waals surface area contributed by atoms with E-state index in [0.29, 0.717) is 27.0 Å². The van der Waals surface area contributed by atoms with Crippen LogP contribution in [0.4, 0.5) is 0 Å². The van der Waals surface area contributed by atoms with Crippen molar-refractivity contribution in [2.75, 3.05) is 0 Å². The van der Waals surface area contributed by atoms with E-state index in [1.807, 2.05) is 30.8 Å². The van der Waals surface area contributed by atoms with Crippen molar-refractivity contribution in [3.05, 3.63) is 87.2 Å². The third-order valence-corrected chi connectivity index (χ3v) is 4.86. The van der Waals surface area contributed by atoms with Crippen molar-refractivity contribution < 1.29 is 4.79 Å². The number of para-hydroxylation sites is 1. The van der Waals surface area contributed by atoms with Gasteiger partial charge in [0, 0.05) is 24.2 Å². The van der Waals surface area contributed by atoms with Gasteiger partial charge in [0.1, 0.15) is 6.33 Å². The van der Waals surface area contributed by atoms with Crippen molar-refractivity contribution in [1.29, 1.82) is 0 Å². The molecule has 0 atom stereocenters. The number of nitrogens with zero attached hydrogens (tertiary/aromatic N) is 4. The Kier molecular flexibility index (Phi) is 4.06. The van der Waals surface area contributed by atoms with Crippen LogP contribution in [0.25, 0.3) is 16.6 Å². The molecule has 2 heterocycles. The molecule has 0 fully saturated rings. The molecule has 128 valence electrons. The summed E-state index contributed by atoms with van der Waals surface area (Å²) < 4.78 is 3.25. The van der Waals surface area contributed by atoms with Gasteiger partial charge < -0.3 is 4.57 Å². The minimum Gasteiger partial charge on any atom is -0.327 e. The van der Waals surface area contributed by atoms with Gasteiger partial charge in [-0.25, -0.2) is 4.98 Å². The van der Waals surface area contributed by atoms with Gasteiger partial charge in [0.15, 0.2) is 4.80 Å². The summed E-state index contributed by atoms with van der Waals surface area (Å²) in [5, 5.41) is 2.42. The van der Waals surface area contributed by atoms with Crippen LogP contribution in [0, 0.1) is 0 Å². The second-order valence-corrected chi connectivity index (χ2v) is 6.57. The number of aryl methyl sites for hydroxylation is 1. The largest absolute Gasteiger partial charge is 0.327 e. The number of carbonyl (C=O) groups is 1. The van der Waals surface area contributed by atoms with Gasteiger partial charge in [0.2, 0.25) is 0 Å². The molecule has 0 unspecified atom stereocenters. The van der Waals surface area contributed by atoms with Crippen molar-refractivity contribution in [1.82, 2.24) is 14.1 Å². The van der Waals surface area contributed by atoms with Gasteiger partial charge in [-0.15, -0.1) is 11.3 Å². The highest BCUT2D eigenvalue weighted by Crippen LogP contribution is 2.11. The lowest BCUT2D eigenvalue weighted by atomic mass is 10.2. The fourth-order valence-electron chi connectivity index (χ4n) is 2.60. The Labute approximate surface area is 152 Å². The Morgan fingerprint density at radius 1 is 1.12 bits per heavy atom. The summed E-state index contributed by atoms with van der Waals surface area (Å²) in [7, 11) is 1.84. The molecule has 0 spiro atoms. The van der Waals surface area contributed by atoms with E-state index in [4.69, 9.17) is 0 Å². The minimum absolute atomic E-state index is 0.148. The first-order valence-corrected chi connectivity index (χ1v) is 8.77. The summed E-state index contributed by atoms with van der Waals surface area (Å²) >= 11 is 1.40. The first-order chi connectivity index (χ1) is 12.6. The Hall–Kier alpha value is -3.32. The fourth-order valence-corrected chi connectivity index (χ4v) is 3.33. The van der Waals surface area contributed by atoms with E-state index < -0.39 is 0 Å².